The van der Waals surface area contributed by atoms with Gasteiger partial charge in [-0.2, -0.15) is 4.98 Å². The number of thioether (sulfide) groups is 1. The molecule has 7 rings (SSSR count). The van der Waals surface area contributed by atoms with Gasteiger partial charge in [0.15, 0.2) is 40.6 Å². The highest BCUT2D eigenvalue weighted by Gasteiger charge is 2.80. The van der Waals surface area contributed by atoms with Crippen LogP contribution in [0.1, 0.15) is 11.6 Å². The van der Waals surface area contributed by atoms with Gasteiger partial charge in [0.05, 0.1) is 24.5 Å². The van der Waals surface area contributed by atoms with E-state index >= 15 is 8.78 Å². The number of anilines is 2. The Labute approximate surface area is 241 Å². The maximum atomic E-state index is 15.6. The van der Waals surface area contributed by atoms with Crippen molar-refractivity contribution in [2.24, 2.45) is 0 Å². The second-order valence-electron chi connectivity index (χ2n) is 9.85. The highest BCUT2D eigenvalue weighted by atomic mass is 32.5. The number of nitrogen functional groups attached to an aromatic ring is 2. The molecule has 0 spiro atoms. The fraction of sp³-hybridized carbons (Fsp3) is 0.500. The Hall–Kier alpha value is -2.88. The summed E-state index contributed by atoms with van der Waals surface area (Å²) in [5.41, 5.74) is 8.91. The summed E-state index contributed by atoms with van der Waals surface area (Å²) in [7, 11) is 0. The highest BCUT2D eigenvalue weighted by molar-refractivity contribution is 8.07. The molecule has 4 aromatic heterocycles. The van der Waals surface area contributed by atoms with Gasteiger partial charge in [-0.3, -0.25) is 28.0 Å². The first kappa shape index (κ1) is 27.9. The number of aliphatic hydroxyl groups is 2. The summed E-state index contributed by atoms with van der Waals surface area (Å²) >= 11 is 6.06. The molecule has 2 saturated heterocycles. The zero-order valence-corrected chi connectivity index (χ0v) is 23.4. The molecule has 42 heavy (non-hydrogen) atoms. The molecule has 3 fully saturated rings. The van der Waals surface area contributed by atoms with E-state index in [0.29, 0.717) is 0 Å². The van der Waals surface area contributed by atoms with Gasteiger partial charge < -0.3 is 31.3 Å². The molecular formula is C20H21F2N10O7PS2. The Balaban J connectivity index is 1.11. The second kappa shape index (κ2) is 9.56. The van der Waals surface area contributed by atoms with Crippen molar-refractivity contribution in [3.8, 4) is 0 Å². The summed E-state index contributed by atoms with van der Waals surface area (Å²) in [6.45, 7) is -4.98. The number of hydrogen-bond acceptors (Lipinski definition) is 15. The number of nitrogens with two attached hydrogens (primary N) is 2. The lowest BCUT2D eigenvalue weighted by atomic mass is 10.1. The quantitative estimate of drug-likeness (QED) is 0.132. The summed E-state index contributed by atoms with van der Waals surface area (Å²) in [5, 5.41) is 18.7. The average molecular weight is 647 g/mol. The first-order valence-electron chi connectivity index (χ1n) is 12.2. The largest absolute Gasteiger partial charge is 0.395 e. The van der Waals surface area contributed by atoms with Crippen molar-refractivity contribution in [2.45, 2.75) is 53.1 Å². The highest BCUT2D eigenvalue weighted by Crippen LogP contribution is 2.63. The number of fused-ring (bicyclic) bond motifs is 3. The Morgan fingerprint density at radius 1 is 1.17 bits per heavy atom. The van der Waals surface area contributed by atoms with E-state index in [1.807, 2.05) is 0 Å². The zero-order valence-electron chi connectivity index (χ0n) is 20.8. The van der Waals surface area contributed by atoms with Crippen LogP contribution in [0.4, 0.5) is 20.5 Å². The van der Waals surface area contributed by atoms with Crippen LogP contribution in [0, 0.1) is 0 Å². The van der Waals surface area contributed by atoms with Crippen molar-refractivity contribution in [1.82, 2.24) is 39.0 Å². The zero-order chi connectivity index (χ0) is 29.7. The van der Waals surface area contributed by atoms with Gasteiger partial charge in [-0.15, -0.1) is 11.8 Å². The van der Waals surface area contributed by atoms with Crippen LogP contribution in [0.2, 0.25) is 0 Å². The number of nitrogens with one attached hydrogen (secondary N) is 1. The molecule has 3 aliphatic rings. The fourth-order valence-electron chi connectivity index (χ4n) is 5.31. The number of aliphatic hydroxyl groups excluding tert-OH is 1. The molecule has 8 N–H and O–H groups in total. The Bertz CT molecular complexity index is 1830. The van der Waals surface area contributed by atoms with E-state index in [0.717, 1.165) is 11.8 Å². The lowest BCUT2D eigenvalue weighted by Gasteiger charge is -2.28. The average Bonchev–Trinajstić information content (AvgIpc) is 3.45. The number of aromatic nitrogens is 8. The number of ether oxygens (including phenoxy) is 1. The van der Waals surface area contributed by atoms with Crippen LogP contribution in [-0.2, 0) is 25.6 Å². The van der Waals surface area contributed by atoms with Gasteiger partial charge >= 0.3 is 6.72 Å². The van der Waals surface area contributed by atoms with Crippen molar-refractivity contribution >= 4 is 64.4 Å². The number of rotatable bonds is 7. The predicted octanol–water partition coefficient (Wildman–Crippen LogP) is -0.964. The molecule has 4 aromatic rings. The van der Waals surface area contributed by atoms with E-state index in [1.165, 1.54) is 28.1 Å². The standard InChI is InChI=1S/C20H21F2N10O7PS2/c21-6-5(1-33)42-18(32-4-28-8-15(32)29-19(24)30-16(8)34)9(6)38-40(36,41)39-12-11-20(12,35)10(22)17(37-11)31-3-27-7-13(23)25-2-26-14(7)31/h2-6,9-12,17-18,33,35H,1H2,(H,36,41)(H2,23,25,26)(H3,24,29,30,34)/t5-,6+,9-,10-,11-,12?,17-,18-,20+,40?/m1/s1. The van der Waals surface area contributed by atoms with Gasteiger partial charge in [-0.05, 0) is 11.8 Å². The van der Waals surface area contributed by atoms with Crippen molar-refractivity contribution < 1.29 is 37.7 Å². The maximum absolute atomic E-state index is 15.6. The van der Waals surface area contributed by atoms with E-state index in [-0.39, 0.29) is 34.1 Å². The molecule has 10 atom stereocenters. The molecule has 17 nitrogen and oxygen atoms in total. The Morgan fingerprint density at radius 2 is 1.90 bits per heavy atom. The third-order valence-corrected chi connectivity index (χ3v) is 10.4. The topological polar surface area (TPSA) is 248 Å². The van der Waals surface area contributed by atoms with Crippen molar-refractivity contribution in [3.63, 3.8) is 0 Å². The Kier molecular flexibility index (Phi) is 6.36. The first-order chi connectivity index (χ1) is 19.9. The molecule has 2 unspecified atom stereocenters. The number of H-pyrrole nitrogens is 1. The molecular weight excluding hydrogens is 625 g/mol. The van der Waals surface area contributed by atoms with Gasteiger partial charge in [0.25, 0.3) is 5.56 Å². The summed E-state index contributed by atoms with van der Waals surface area (Å²) < 4.78 is 50.3. The van der Waals surface area contributed by atoms with Crippen LogP contribution in [-0.4, -0.2) is 102 Å². The monoisotopic (exact) mass is 646 g/mol. The number of hydrogen-bond donors (Lipinski definition) is 6. The van der Waals surface area contributed by atoms with Crippen LogP contribution in [0.25, 0.3) is 22.3 Å². The summed E-state index contributed by atoms with van der Waals surface area (Å²) in [5.74, 6) is -0.142. The molecule has 0 amide bonds. The molecule has 1 aliphatic carbocycles. The second-order valence-corrected chi connectivity index (χ2v) is 14.0. The smallest absolute Gasteiger partial charge is 0.325 e. The van der Waals surface area contributed by atoms with Gasteiger partial charge in [0.1, 0.15) is 41.7 Å². The predicted molar refractivity (Wildman–Crippen MR) is 145 cm³/mol. The third-order valence-electron chi connectivity index (χ3n) is 7.39. The fourth-order valence-corrected chi connectivity index (χ4v) is 8.51. The summed E-state index contributed by atoms with van der Waals surface area (Å²) in [4.78, 5) is 45.5. The van der Waals surface area contributed by atoms with E-state index in [9.17, 15) is 19.9 Å². The van der Waals surface area contributed by atoms with Crippen LogP contribution < -0.4 is 17.0 Å². The molecule has 224 valence electrons. The lowest BCUT2D eigenvalue weighted by molar-refractivity contribution is -0.0605. The number of nitrogens with zero attached hydrogens (tertiary/aromatic N) is 7. The number of alkyl halides is 2. The summed E-state index contributed by atoms with van der Waals surface area (Å²) in [6.07, 6.45) is -5.93. The van der Waals surface area contributed by atoms with E-state index < -0.39 is 72.0 Å². The third kappa shape index (κ3) is 4.07. The molecule has 6 heterocycles. The van der Waals surface area contributed by atoms with Crippen molar-refractivity contribution in [2.75, 3.05) is 18.1 Å². The molecule has 2 aliphatic heterocycles. The summed E-state index contributed by atoms with van der Waals surface area (Å²) in [6, 6.07) is 0. The van der Waals surface area contributed by atoms with Crippen LogP contribution in [0.5, 0.6) is 0 Å². The van der Waals surface area contributed by atoms with Crippen LogP contribution >= 0.6 is 18.5 Å². The Morgan fingerprint density at radius 3 is 2.62 bits per heavy atom. The van der Waals surface area contributed by atoms with E-state index in [4.69, 9.17) is 37.1 Å². The number of halogens is 2. The van der Waals surface area contributed by atoms with Gasteiger partial charge in [-0.1, -0.05) is 0 Å². The molecule has 0 bridgehead atoms. The molecule has 22 heteroatoms. The SMILES string of the molecule is Nc1nc2c(ncn2[C@@H]2S[C@H](CO)[C@H](F)[C@H]2OP(O)(=S)OC2[C@H]3O[C@@H](n4cnc5c(N)ncnc54)[C@@H](F)[C@@]23O)c(=O)[nH]1. The molecule has 1 saturated carbocycles. The molecule has 0 radical (unpaired) electrons. The minimum atomic E-state index is -4.39. The minimum absolute atomic E-state index is 0.00472. The lowest BCUT2D eigenvalue weighted by Crippen LogP contribution is -2.35. The van der Waals surface area contributed by atoms with Gasteiger partial charge in [-0.25, -0.2) is 28.7 Å². The van der Waals surface area contributed by atoms with Crippen molar-refractivity contribution in [3.05, 3.63) is 29.3 Å². The molecule has 0 aromatic carbocycles. The van der Waals surface area contributed by atoms with E-state index in [1.54, 1.807) is 0 Å². The van der Waals surface area contributed by atoms with Gasteiger partial charge in [0.2, 0.25) is 5.95 Å². The van der Waals surface area contributed by atoms with Crippen molar-refractivity contribution in [1.29, 1.82) is 0 Å². The normalized spacial score (nSPS) is 35.5. The van der Waals surface area contributed by atoms with Crippen LogP contribution in [0.15, 0.2) is 23.8 Å². The van der Waals surface area contributed by atoms with E-state index in [2.05, 4.69) is 29.9 Å². The maximum Gasteiger partial charge on any atom is 0.325 e. The number of imidazole rings is 2. The van der Waals surface area contributed by atoms with Gasteiger partial charge in [0, 0.05) is 0 Å². The van der Waals surface area contributed by atoms with Crippen LogP contribution in [0.3, 0.4) is 0 Å². The first-order valence-corrected chi connectivity index (χ1v) is 15.7. The number of aromatic amines is 1. The minimum Gasteiger partial charge on any atom is -0.395 e.